The van der Waals surface area contributed by atoms with Crippen molar-refractivity contribution in [3.05, 3.63) is 35.9 Å². The molecule has 1 atom stereocenters. The van der Waals surface area contributed by atoms with E-state index in [1.54, 1.807) is 6.92 Å². The minimum atomic E-state index is -3.62. The van der Waals surface area contributed by atoms with Gasteiger partial charge in [-0.15, -0.1) is 0 Å². The van der Waals surface area contributed by atoms with Gasteiger partial charge in [0.25, 0.3) is 0 Å². The summed E-state index contributed by atoms with van der Waals surface area (Å²) in [6.07, 6.45) is -0.583. The highest BCUT2D eigenvalue weighted by Gasteiger charge is 2.21. The Morgan fingerprint density at radius 3 is 2.47 bits per heavy atom. The molecule has 1 unspecified atom stereocenters. The molecule has 0 aliphatic carbocycles. The van der Waals surface area contributed by atoms with Crippen LogP contribution >= 0.6 is 0 Å². The van der Waals surface area contributed by atoms with Gasteiger partial charge in [0, 0.05) is 13.1 Å². The third-order valence-corrected chi connectivity index (χ3v) is 3.57. The van der Waals surface area contributed by atoms with Gasteiger partial charge in [-0.3, -0.25) is 0 Å². The minimum absolute atomic E-state index is 0.145. The Bertz CT molecular complexity index is 516. The molecule has 106 valence electrons. The molecule has 1 amide bonds. The van der Waals surface area contributed by atoms with Crippen molar-refractivity contribution in [1.29, 1.82) is 0 Å². The van der Waals surface area contributed by atoms with E-state index in [1.165, 1.54) is 11.9 Å². The van der Waals surface area contributed by atoms with Crippen LogP contribution in [0.4, 0.5) is 4.79 Å². The molecule has 1 rings (SSSR count). The van der Waals surface area contributed by atoms with Gasteiger partial charge in [-0.25, -0.2) is 18.4 Å². The minimum Gasteiger partial charge on any atom is -0.445 e. The van der Waals surface area contributed by atoms with Crippen molar-refractivity contribution in [3.63, 3.8) is 0 Å². The van der Waals surface area contributed by atoms with E-state index >= 15 is 0 Å². The first-order valence-electron chi connectivity index (χ1n) is 5.73. The van der Waals surface area contributed by atoms with Crippen molar-refractivity contribution in [1.82, 2.24) is 4.90 Å². The third kappa shape index (κ3) is 5.71. The summed E-state index contributed by atoms with van der Waals surface area (Å²) in [5, 5.41) is 4.93. The fourth-order valence-electron chi connectivity index (χ4n) is 1.45. The van der Waals surface area contributed by atoms with E-state index < -0.39 is 22.2 Å². The van der Waals surface area contributed by atoms with Crippen LogP contribution in [0.2, 0.25) is 0 Å². The van der Waals surface area contributed by atoms with Crippen LogP contribution < -0.4 is 5.14 Å². The number of benzene rings is 1. The van der Waals surface area contributed by atoms with Crippen LogP contribution in [0, 0.1) is 0 Å². The molecule has 6 nitrogen and oxygen atoms in total. The second-order valence-electron chi connectivity index (χ2n) is 4.33. The molecule has 0 heterocycles. The van der Waals surface area contributed by atoms with Gasteiger partial charge in [0.15, 0.2) is 0 Å². The number of ether oxygens (including phenoxy) is 1. The molecule has 2 N–H and O–H groups in total. The highest BCUT2D eigenvalue weighted by molar-refractivity contribution is 7.89. The first-order valence-corrected chi connectivity index (χ1v) is 7.45. The number of nitrogens with two attached hydrogens (primary N) is 1. The van der Waals surface area contributed by atoms with E-state index in [2.05, 4.69) is 0 Å². The van der Waals surface area contributed by atoms with E-state index in [4.69, 9.17) is 9.88 Å². The predicted molar refractivity (Wildman–Crippen MR) is 71.8 cm³/mol. The lowest BCUT2D eigenvalue weighted by molar-refractivity contribution is 0.0963. The molecule has 0 radical (unpaired) electrons. The number of nitrogens with zero attached hydrogens (tertiary/aromatic N) is 1. The van der Waals surface area contributed by atoms with Gasteiger partial charge in [0.1, 0.15) is 6.61 Å². The van der Waals surface area contributed by atoms with Crippen LogP contribution in [0.3, 0.4) is 0 Å². The van der Waals surface area contributed by atoms with E-state index in [0.717, 1.165) is 5.56 Å². The summed E-state index contributed by atoms with van der Waals surface area (Å²) in [5.41, 5.74) is 0.864. The Labute approximate surface area is 113 Å². The highest BCUT2D eigenvalue weighted by Crippen LogP contribution is 2.05. The summed E-state index contributed by atoms with van der Waals surface area (Å²) in [7, 11) is -2.14. The van der Waals surface area contributed by atoms with E-state index in [9.17, 15) is 13.2 Å². The summed E-state index contributed by atoms with van der Waals surface area (Å²) in [5.74, 6) is -0.302. The van der Waals surface area contributed by atoms with Gasteiger partial charge in [-0.1, -0.05) is 30.3 Å². The molecule has 0 aromatic heterocycles. The summed E-state index contributed by atoms with van der Waals surface area (Å²) in [4.78, 5) is 12.9. The van der Waals surface area contributed by atoms with E-state index in [0.29, 0.717) is 0 Å². The van der Waals surface area contributed by atoms with Gasteiger partial charge in [-0.05, 0) is 12.5 Å². The second kappa shape index (κ2) is 6.53. The van der Waals surface area contributed by atoms with Crippen molar-refractivity contribution in [2.24, 2.45) is 5.14 Å². The highest BCUT2D eigenvalue weighted by atomic mass is 32.2. The molecule has 0 bridgehead atoms. The van der Waals surface area contributed by atoms with E-state index in [-0.39, 0.29) is 12.4 Å². The summed E-state index contributed by atoms with van der Waals surface area (Å²) < 4.78 is 27.0. The number of primary sulfonamides is 1. The molecular weight excluding hydrogens is 268 g/mol. The number of amides is 1. The lowest BCUT2D eigenvalue weighted by atomic mass is 10.2. The van der Waals surface area contributed by atoms with Gasteiger partial charge >= 0.3 is 6.09 Å². The van der Waals surface area contributed by atoms with E-state index in [1.807, 2.05) is 30.3 Å². The number of hydrogen-bond donors (Lipinski definition) is 1. The average molecular weight is 286 g/mol. The largest absolute Gasteiger partial charge is 0.445 e. The summed E-state index contributed by atoms with van der Waals surface area (Å²) in [6.45, 7) is 1.74. The Hall–Kier alpha value is -1.60. The third-order valence-electron chi connectivity index (χ3n) is 2.63. The van der Waals surface area contributed by atoms with Crippen molar-refractivity contribution in [2.75, 3.05) is 12.8 Å². The Morgan fingerprint density at radius 1 is 1.37 bits per heavy atom. The molecule has 0 spiro atoms. The molecule has 0 aliphatic rings. The first kappa shape index (κ1) is 15.5. The van der Waals surface area contributed by atoms with Gasteiger partial charge in [-0.2, -0.15) is 0 Å². The molecular formula is C12H18N2O4S. The normalized spacial score (nSPS) is 12.8. The number of rotatable bonds is 5. The zero-order valence-corrected chi connectivity index (χ0v) is 11.8. The monoisotopic (exact) mass is 286 g/mol. The lowest BCUT2D eigenvalue weighted by Gasteiger charge is -2.23. The Kier molecular flexibility index (Phi) is 5.31. The van der Waals surface area contributed by atoms with Crippen LogP contribution in [0.15, 0.2) is 30.3 Å². The van der Waals surface area contributed by atoms with Gasteiger partial charge in [0.05, 0.1) is 5.75 Å². The molecule has 0 saturated carbocycles. The number of carbonyl (C=O) groups is 1. The average Bonchev–Trinajstić information content (AvgIpc) is 2.34. The van der Waals surface area contributed by atoms with Crippen molar-refractivity contribution in [2.45, 2.75) is 19.6 Å². The Morgan fingerprint density at radius 2 is 1.95 bits per heavy atom. The topological polar surface area (TPSA) is 89.7 Å². The maximum Gasteiger partial charge on any atom is 0.410 e. The smallest absolute Gasteiger partial charge is 0.410 e. The Balaban J connectivity index is 2.49. The number of carbonyl (C=O) groups excluding carboxylic acids is 1. The molecule has 0 saturated heterocycles. The number of hydrogen-bond acceptors (Lipinski definition) is 4. The first-order chi connectivity index (χ1) is 8.79. The fraction of sp³-hybridized carbons (Fsp3) is 0.417. The fourth-order valence-corrected chi connectivity index (χ4v) is 2.35. The van der Waals surface area contributed by atoms with Crippen molar-refractivity contribution < 1.29 is 17.9 Å². The second-order valence-corrected chi connectivity index (χ2v) is 5.99. The molecule has 0 aliphatic heterocycles. The van der Waals surface area contributed by atoms with Gasteiger partial charge in [0.2, 0.25) is 10.0 Å². The maximum atomic E-state index is 11.7. The standard InChI is InChI=1S/C12H18N2O4S/c1-10(9-19(13,16)17)14(2)12(15)18-8-11-6-4-3-5-7-11/h3-7,10H,8-9H2,1-2H3,(H2,13,16,17). The van der Waals surface area contributed by atoms with Crippen LogP contribution in [0.1, 0.15) is 12.5 Å². The molecule has 19 heavy (non-hydrogen) atoms. The number of sulfonamides is 1. The zero-order chi connectivity index (χ0) is 14.5. The zero-order valence-electron chi connectivity index (χ0n) is 10.9. The van der Waals surface area contributed by atoms with Crippen LogP contribution in [-0.4, -0.2) is 38.3 Å². The van der Waals surface area contributed by atoms with Crippen LogP contribution in [-0.2, 0) is 21.4 Å². The summed E-state index contributed by atoms with van der Waals surface area (Å²) in [6, 6.07) is 8.68. The maximum absolute atomic E-state index is 11.7. The summed E-state index contributed by atoms with van der Waals surface area (Å²) >= 11 is 0. The quantitative estimate of drug-likeness (QED) is 0.872. The lowest BCUT2D eigenvalue weighted by Crippen LogP contribution is -2.41. The molecule has 0 fully saturated rings. The molecule has 7 heteroatoms. The molecule has 1 aromatic carbocycles. The van der Waals surface area contributed by atoms with Crippen LogP contribution in [0.25, 0.3) is 0 Å². The molecule has 1 aromatic rings. The van der Waals surface area contributed by atoms with Crippen LogP contribution in [0.5, 0.6) is 0 Å². The SMILES string of the molecule is CC(CS(N)(=O)=O)N(C)C(=O)OCc1ccccc1. The van der Waals surface area contributed by atoms with Gasteiger partial charge < -0.3 is 9.64 Å². The van der Waals surface area contributed by atoms with Crippen molar-refractivity contribution >= 4 is 16.1 Å². The predicted octanol–water partition coefficient (Wildman–Crippen LogP) is 0.932. The van der Waals surface area contributed by atoms with Crippen molar-refractivity contribution in [3.8, 4) is 0 Å².